The van der Waals surface area contributed by atoms with Crippen LogP contribution in [-0.4, -0.2) is 59.6 Å². The molecular formula is C24H38N2O5. The quantitative estimate of drug-likeness (QED) is 0.512. The minimum Gasteiger partial charge on any atom is -0.463 e. The van der Waals surface area contributed by atoms with Gasteiger partial charge in [-0.2, -0.15) is 0 Å². The number of aliphatic hydroxyl groups is 1. The average molecular weight is 435 g/mol. The van der Waals surface area contributed by atoms with Crippen LogP contribution in [0, 0.1) is 11.8 Å². The van der Waals surface area contributed by atoms with E-state index >= 15 is 0 Å². The van der Waals surface area contributed by atoms with Gasteiger partial charge in [-0.15, -0.1) is 0 Å². The number of hydrogen-bond acceptors (Lipinski definition) is 5. The predicted molar refractivity (Wildman–Crippen MR) is 117 cm³/mol. The Labute approximate surface area is 185 Å². The zero-order valence-corrected chi connectivity index (χ0v) is 18.6. The van der Waals surface area contributed by atoms with E-state index in [0.717, 1.165) is 32.1 Å². The van der Waals surface area contributed by atoms with Gasteiger partial charge in [0.15, 0.2) is 0 Å². The second-order valence-electron chi connectivity index (χ2n) is 9.34. The lowest BCUT2D eigenvalue weighted by Crippen LogP contribution is -2.45. The third-order valence-electron chi connectivity index (χ3n) is 6.94. The van der Waals surface area contributed by atoms with Crippen LogP contribution in [0.25, 0.3) is 0 Å². The number of carbonyl (C=O) groups is 3. The molecule has 2 heterocycles. The van der Waals surface area contributed by atoms with Crippen LogP contribution in [-0.2, 0) is 19.1 Å². The monoisotopic (exact) mass is 434 g/mol. The van der Waals surface area contributed by atoms with Crippen LogP contribution in [0.15, 0.2) is 12.2 Å². The number of esters is 1. The Morgan fingerprint density at radius 2 is 1.94 bits per heavy atom. The fraction of sp³-hybridized carbons (Fsp3) is 0.792. The number of carbonyl (C=O) groups excluding carboxylic acids is 3. The number of cyclic esters (lactones) is 1. The molecular weight excluding hydrogens is 396 g/mol. The summed E-state index contributed by atoms with van der Waals surface area (Å²) in [7, 11) is 0. The van der Waals surface area contributed by atoms with Crippen molar-refractivity contribution in [1.29, 1.82) is 0 Å². The summed E-state index contributed by atoms with van der Waals surface area (Å²) in [5.74, 6) is -0.347. The van der Waals surface area contributed by atoms with Crippen LogP contribution >= 0.6 is 0 Å². The predicted octanol–water partition coefficient (Wildman–Crippen LogP) is 2.71. The highest BCUT2D eigenvalue weighted by Crippen LogP contribution is 2.28. The van der Waals surface area contributed by atoms with Crippen molar-refractivity contribution in [3.63, 3.8) is 0 Å². The van der Waals surface area contributed by atoms with Gasteiger partial charge in [-0.3, -0.25) is 14.4 Å². The van der Waals surface area contributed by atoms with Gasteiger partial charge >= 0.3 is 5.97 Å². The first-order chi connectivity index (χ1) is 15.1. The SMILES string of the molecule is O=C1CCC=CCC(CC(=O)N2CCCC2CO)C(=O)NC(CC2CCCCC2)CO1. The number of amides is 2. The van der Waals surface area contributed by atoms with Crippen molar-refractivity contribution in [2.24, 2.45) is 11.8 Å². The van der Waals surface area contributed by atoms with Crippen LogP contribution in [0.2, 0.25) is 0 Å². The van der Waals surface area contributed by atoms with E-state index in [9.17, 15) is 19.5 Å². The molecule has 3 unspecified atom stereocenters. The molecule has 3 aliphatic rings. The van der Waals surface area contributed by atoms with Gasteiger partial charge in [0.2, 0.25) is 11.8 Å². The molecule has 0 spiro atoms. The first-order valence-corrected chi connectivity index (χ1v) is 12.1. The molecule has 1 saturated heterocycles. The van der Waals surface area contributed by atoms with Crippen LogP contribution in [0.3, 0.4) is 0 Å². The first-order valence-electron chi connectivity index (χ1n) is 12.1. The third-order valence-corrected chi connectivity index (χ3v) is 6.94. The van der Waals surface area contributed by atoms with E-state index in [1.807, 2.05) is 12.2 Å². The lowest BCUT2D eigenvalue weighted by Gasteiger charge is -2.29. The summed E-state index contributed by atoms with van der Waals surface area (Å²) in [6.07, 6.45) is 13.8. The van der Waals surface area contributed by atoms with Crippen LogP contribution in [0.5, 0.6) is 0 Å². The molecule has 7 heteroatoms. The van der Waals surface area contributed by atoms with Crippen molar-refractivity contribution in [3.05, 3.63) is 12.2 Å². The summed E-state index contributed by atoms with van der Waals surface area (Å²) in [5, 5.41) is 12.6. The van der Waals surface area contributed by atoms with Crippen molar-refractivity contribution in [2.75, 3.05) is 19.8 Å². The zero-order valence-electron chi connectivity index (χ0n) is 18.6. The maximum atomic E-state index is 13.2. The second kappa shape index (κ2) is 12.2. The van der Waals surface area contributed by atoms with Gasteiger partial charge in [0, 0.05) is 19.4 Å². The molecule has 2 amide bonds. The van der Waals surface area contributed by atoms with E-state index in [0.29, 0.717) is 31.7 Å². The average Bonchev–Trinajstić information content (AvgIpc) is 3.25. The highest BCUT2D eigenvalue weighted by atomic mass is 16.5. The summed E-state index contributed by atoms with van der Waals surface area (Å²) in [6.45, 7) is 0.815. The van der Waals surface area contributed by atoms with E-state index in [-0.39, 0.29) is 49.5 Å². The number of aliphatic hydroxyl groups excluding tert-OH is 1. The third kappa shape index (κ3) is 7.34. The molecule has 0 aromatic heterocycles. The smallest absolute Gasteiger partial charge is 0.306 e. The van der Waals surface area contributed by atoms with Crippen LogP contribution in [0.4, 0.5) is 0 Å². The van der Waals surface area contributed by atoms with E-state index in [1.54, 1.807) is 4.90 Å². The molecule has 7 nitrogen and oxygen atoms in total. The molecule has 2 aliphatic heterocycles. The highest BCUT2D eigenvalue weighted by molar-refractivity contribution is 5.86. The maximum Gasteiger partial charge on any atom is 0.306 e. The summed E-state index contributed by atoms with van der Waals surface area (Å²) in [6, 6.07) is -0.339. The molecule has 0 aromatic carbocycles. The zero-order chi connectivity index (χ0) is 22.1. The number of nitrogens with one attached hydrogen (secondary N) is 1. The summed E-state index contributed by atoms with van der Waals surface area (Å²) < 4.78 is 5.45. The van der Waals surface area contributed by atoms with Crippen molar-refractivity contribution in [3.8, 4) is 0 Å². The maximum absolute atomic E-state index is 13.2. The summed E-state index contributed by atoms with van der Waals surface area (Å²) in [4.78, 5) is 39.8. The summed E-state index contributed by atoms with van der Waals surface area (Å²) in [5.41, 5.74) is 0. The van der Waals surface area contributed by atoms with E-state index in [4.69, 9.17) is 4.74 Å². The minimum absolute atomic E-state index is 0.0304. The van der Waals surface area contributed by atoms with Gasteiger partial charge in [0.1, 0.15) is 6.61 Å². The van der Waals surface area contributed by atoms with Gasteiger partial charge in [-0.05, 0) is 38.0 Å². The Hall–Kier alpha value is -1.89. The van der Waals surface area contributed by atoms with Gasteiger partial charge in [-0.1, -0.05) is 44.3 Å². The number of rotatable bonds is 5. The molecule has 0 aromatic rings. The van der Waals surface area contributed by atoms with Crippen molar-refractivity contribution in [2.45, 2.75) is 89.1 Å². The Morgan fingerprint density at radius 3 is 2.71 bits per heavy atom. The number of likely N-dealkylation sites (tertiary alicyclic amines) is 1. The fourth-order valence-electron chi connectivity index (χ4n) is 5.12. The number of ether oxygens (including phenoxy) is 1. The normalized spacial score (nSPS) is 29.1. The molecule has 0 bridgehead atoms. The van der Waals surface area contributed by atoms with Crippen LogP contribution < -0.4 is 5.32 Å². The first kappa shape index (κ1) is 23.8. The highest BCUT2D eigenvalue weighted by Gasteiger charge is 2.32. The van der Waals surface area contributed by atoms with Crippen LogP contribution in [0.1, 0.15) is 77.0 Å². The van der Waals surface area contributed by atoms with Crippen molar-refractivity contribution >= 4 is 17.8 Å². The molecule has 2 N–H and O–H groups in total. The lowest BCUT2D eigenvalue weighted by molar-refractivity contribution is -0.145. The van der Waals surface area contributed by atoms with E-state index < -0.39 is 5.92 Å². The number of nitrogens with zero attached hydrogens (tertiary/aromatic N) is 1. The number of allylic oxidation sites excluding steroid dienone is 2. The molecule has 2 fully saturated rings. The topological polar surface area (TPSA) is 95.9 Å². The molecule has 0 radical (unpaired) electrons. The second-order valence-corrected chi connectivity index (χ2v) is 9.34. The van der Waals surface area contributed by atoms with Crippen molar-refractivity contribution < 1.29 is 24.2 Å². The molecule has 1 aliphatic carbocycles. The minimum atomic E-state index is -0.451. The van der Waals surface area contributed by atoms with E-state index in [1.165, 1.54) is 19.3 Å². The Bertz CT molecular complexity index is 644. The molecule has 31 heavy (non-hydrogen) atoms. The van der Waals surface area contributed by atoms with Gasteiger partial charge < -0.3 is 20.1 Å². The number of hydrogen-bond donors (Lipinski definition) is 2. The molecule has 3 rings (SSSR count). The van der Waals surface area contributed by atoms with E-state index in [2.05, 4.69) is 5.32 Å². The fourth-order valence-corrected chi connectivity index (χ4v) is 5.12. The Morgan fingerprint density at radius 1 is 1.13 bits per heavy atom. The van der Waals surface area contributed by atoms with Crippen molar-refractivity contribution in [1.82, 2.24) is 10.2 Å². The molecule has 1 saturated carbocycles. The standard InChI is InChI=1S/C24H38N2O5/c27-16-21-11-7-13-26(21)22(28)15-19-10-5-2-6-12-23(29)31-17-20(25-24(19)30)14-18-8-3-1-4-9-18/h2,5,18-21,27H,1,3-4,6-17H2,(H,25,30). The van der Waals surface area contributed by atoms with Gasteiger partial charge in [-0.25, -0.2) is 0 Å². The molecule has 174 valence electrons. The molecule has 3 atom stereocenters. The Kier molecular flexibility index (Phi) is 9.37. The van der Waals surface area contributed by atoms with Gasteiger partial charge in [0.05, 0.1) is 24.6 Å². The lowest BCUT2D eigenvalue weighted by atomic mass is 9.84. The van der Waals surface area contributed by atoms with Gasteiger partial charge in [0.25, 0.3) is 0 Å². The largest absolute Gasteiger partial charge is 0.463 e. The summed E-state index contributed by atoms with van der Waals surface area (Å²) >= 11 is 0. The Balaban J connectivity index is 1.66.